The van der Waals surface area contributed by atoms with Crippen molar-refractivity contribution in [3.63, 3.8) is 0 Å². The smallest absolute Gasteiger partial charge is 0.142 e. The molecule has 1 heterocycles. The highest BCUT2D eigenvalue weighted by molar-refractivity contribution is 5.90. The van der Waals surface area contributed by atoms with Crippen molar-refractivity contribution in [2.45, 2.75) is 39.2 Å². The molecule has 4 heteroatoms. The predicted molar refractivity (Wildman–Crippen MR) is 71.8 cm³/mol. The Morgan fingerprint density at radius 3 is 2.63 bits per heavy atom. The molecule has 4 nitrogen and oxygen atoms in total. The van der Waals surface area contributed by atoms with Gasteiger partial charge in [0.25, 0.3) is 0 Å². The molecule has 2 bridgehead atoms. The Balaban J connectivity index is 1.77. The van der Waals surface area contributed by atoms with E-state index in [4.69, 9.17) is 4.74 Å². The number of aliphatic hydroxyl groups is 1. The first-order chi connectivity index (χ1) is 8.98. The molecule has 3 rings (SSSR count). The van der Waals surface area contributed by atoms with Crippen LogP contribution in [-0.2, 0) is 9.53 Å². The summed E-state index contributed by atoms with van der Waals surface area (Å²) in [5.74, 6) is 0.772. The number of fused-ring (bicyclic) bond motifs is 2. The fourth-order valence-corrected chi connectivity index (χ4v) is 4.68. The number of ether oxygens (including phenoxy) is 1. The van der Waals surface area contributed by atoms with E-state index in [-0.39, 0.29) is 5.41 Å². The van der Waals surface area contributed by atoms with Crippen LogP contribution in [0.3, 0.4) is 0 Å². The summed E-state index contributed by atoms with van der Waals surface area (Å²) in [5.41, 5.74) is -0.536. The number of nitrogens with zero attached hydrogens (tertiary/aromatic N) is 1. The van der Waals surface area contributed by atoms with Gasteiger partial charge in [0.15, 0.2) is 0 Å². The summed E-state index contributed by atoms with van der Waals surface area (Å²) in [7, 11) is 0. The fourth-order valence-electron chi connectivity index (χ4n) is 4.68. The van der Waals surface area contributed by atoms with Crippen molar-refractivity contribution in [3.05, 3.63) is 0 Å². The van der Waals surface area contributed by atoms with E-state index in [0.717, 1.165) is 39.1 Å². The quantitative estimate of drug-likeness (QED) is 0.831. The molecular weight excluding hydrogens is 242 g/mol. The van der Waals surface area contributed by atoms with E-state index < -0.39 is 11.5 Å². The Bertz CT molecular complexity index is 376. The van der Waals surface area contributed by atoms with Crippen LogP contribution in [0.5, 0.6) is 0 Å². The van der Waals surface area contributed by atoms with Crippen molar-refractivity contribution in [2.75, 3.05) is 32.8 Å². The highest BCUT2D eigenvalue weighted by atomic mass is 16.5. The molecule has 2 saturated carbocycles. The summed E-state index contributed by atoms with van der Waals surface area (Å²) in [6, 6.07) is 0. The van der Waals surface area contributed by atoms with Gasteiger partial charge in [0.05, 0.1) is 24.7 Å². The van der Waals surface area contributed by atoms with Gasteiger partial charge in [-0.2, -0.15) is 0 Å². The topological polar surface area (TPSA) is 49.8 Å². The van der Waals surface area contributed by atoms with Crippen molar-refractivity contribution >= 4 is 5.78 Å². The molecule has 1 N–H and O–H groups in total. The van der Waals surface area contributed by atoms with Crippen molar-refractivity contribution in [1.82, 2.24) is 4.90 Å². The first kappa shape index (κ1) is 13.5. The molecule has 3 fully saturated rings. The Morgan fingerprint density at radius 2 is 2.11 bits per heavy atom. The highest BCUT2D eigenvalue weighted by Crippen LogP contribution is 2.65. The van der Waals surface area contributed by atoms with Crippen LogP contribution in [0, 0.1) is 16.7 Å². The number of hydrogen-bond donors (Lipinski definition) is 1. The standard InChI is InChI=1S/C15H25NO3/c1-14(2)11-3-4-15(14,12(17)9-11)13(18)10-16-5-7-19-8-6-16/h11,13,18H,3-10H2,1-2H3/t11-,13-,15+/m1/s1. The molecular formula is C15H25NO3. The molecule has 108 valence electrons. The number of rotatable bonds is 3. The van der Waals surface area contributed by atoms with Gasteiger partial charge in [0.1, 0.15) is 5.78 Å². The molecule has 2 aliphatic carbocycles. The second-order valence-electron chi connectivity index (χ2n) is 6.98. The number of aliphatic hydroxyl groups excluding tert-OH is 1. The molecule has 3 atom stereocenters. The lowest BCUT2D eigenvalue weighted by Crippen LogP contribution is -2.52. The van der Waals surface area contributed by atoms with E-state index in [2.05, 4.69) is 18.7 Å². The van der Waals surface area contributed by atoms with E-state index in [9.17, 15) is 9.90 Å². The number of carbonyl (C=O) groups is 1. The molecule has 1 saturated heterocycles. The first-order valence-electron chi connectivity index (χ1n) is 7.50. The Hall–Kier alpha value is -0.450. The number of ketones is 1. The van der Waals surface area contributed by atoms with Gasteiger partial charge in [-0.1, -0.05) is 13.8 Å². The SMILES string of the molecule is CC1(C)[C@@H]2CC[C@@]1([C@H](O)CN1CCOCC1)C(=O)C2. The zero-order valence-corrected chi connectivity index (χ0v) is 12.0. The molecule has 0 aromatic carbocycles. The molecule has 0 radical (unpaired) electrons. The van der Waals surface area contributed by atoms with Gasteiger partial charge in [-0.3, -0.25) is 9.69 Å². The van der Waals surface area contributed by atoms with E-state index in [0.29, 0.717) is 24.7 Å². The Labute approximate surface area is 115 Å². The lowest BCUT2D eigenvalue weighted by molar-refractivity contribution is -0.140. The molecule has 0 unspecified atom stereocenters. The lowest BCUT2D eigenvalue weighted by Gasteiger charge is -2.42. The van der Waals surface area contributed by atoms with E-state index in [1.165, 1.54) is 0 Å². The largest absolute Gasteiger partial charge is 0.391 e. The van der Waals surface area contributed by atoms with Crippen LogP contribution in [0.4, 0.5) is 0 Å². The van der Waals surface area contributed by atoms with Gasteiger partial charge >= 0.3 is 0 Å². The van der Waals surface area contributed by atoms with Gasteiger partial charge < -0.3 is 9.84 Å². The van der Waals surface area contributed by atoms with Gasteiger partial charge in [-0.15, -0.1) is 0 Å². The van der Waals surface area contributed by atoms with Crippen molar-refractivity contribution in [3.8, 4) is 0 Å². The second-order valence-corrected chi connectivity index (χ2v) is 6.98. The van der Waals surface area contributed by atoms with Crippen molar-refractivity contribution < 1.29 is 14.6 Å². The van der Waals surface area contributed by atoms with Crippen LogP contribution in [0.15, 0.2) is 0 Å². The minimum absolute atomic E-state index is 0.0458. The first-order valence-corrected chi connectivity index (χ1v) is 7.50. The van der Waals surface area contributed by atoms with Gasteiger partial charge in [-0.25, -0.2) is 0 Å². The highest BCUT2D eigenvalue weighted by Gasteiger charge is 2.67. The van der Waals surface area contributed by atoms with E-state index in [1.807, 2.05) is 0 Å². The fraction of sp³-hybridized carbons (Fsp3) is 0.933. The number of Topliss-reactive ketones (excluding diaryl/α,β-unsaturated/α-hetero) is 1. The van der Waals surface area contributed by atoms with Crippen LogP contribution in [0.25, 0.3) is 0 Å². The van der Waals surface area contributed by atoms with Gasteiger partial charge in [-0.05, 0) is 24.2 Å². The molecule has 0 aromatic heterocycles. The van der Waals surface area contributed by atoms with Crippen LogP contribution in [0.2, 0.25) is 0 Å². The maximum absolute atomic E-state index is 12.5. The second kappa shape index (κ2) is 4.54. The summed E-state index contributed by atoms with van der Waals surface area (Å²) >= 11 is 0. The van der Waals surface area contributed by atoms with E-state index in [1.54, 1.807) is 0 Å². The molecule has 3 aliphatic rings. The Morgan fingerprint density at radius 1 is 1.42 bits per heavy atom. The van der Waals surface area contributed by atoms with E-state index >= 15 is 0 Å². The summed E-state index contributed by atoms with van der Waals surface area (Å²) in [5, 5.41) is 10.8. The molecule has 19 heavy (non-hydrogen) atoms. The molecule has 1 aliphatic heterocycles. The minimum Gasteiger partial charge on any atom is -0.391 e. The van der Waals surface area contributed by atoms with Crippen LogP contribution < -0.4 is 0 Å². The monoisotopic (exact) mass is 267 g/mol. The number of carbonyl (C=O) groups excluding carboxylic acids is 1. The zero-order valence-electron chi connectivity index (χ0n) is 12.0. The van der Waals surface area contributed by atoms with Crippen LogP contribution in [0.1, 0.15) is 33.1 Å². The van der Waals surface area contributed by atoms with Crippen LogP contribution >= 0.6 is 0 Å². The van der Waals surface area contributed by atoms with Crippen LogP contribution in [-0.4, -0.2) is 54.7 Å². The van der Waals surface area contributed by atoms with Gasteiger partial charge in [0.2, 0.25) is 0 Å². The van der Waals surface area contributed by atoms with Crippen molar-refractivity contribution in [2.24, 2.45) is 16.7 Å². The van der Waals surface area contributed by atoms with Gasteiger partial charge in [0, 0.05) is 26.1 Å². The number of β-amino-alcohol motifs (C(OH)–C–C–N with tert-alkyl or cyclic N) is 1. The summed E-state index contributed by atoms with van der Waals surface area (Å²) in [6.07, 6.45) is 2.11. The molecule has 0 aromatic rings. The average molecular weight is 267 g/mol. The van der Waals surface area contributed by atoms with Crippen molar-refractivity contribution in [1.29, 1.82) is 0 Å². The lowest BCUT2D eigenvalue weighted by atomic mass is 9.65. The maximum atomic E-state index is 12.5. The maximum Gasteiger partial charge on any atom is 0.142 e. The Kier molecular flexibility index (Phi) is 3.23. The average Bonchev–Trinajstić information content (AvgIpc) is 2.74. The third-order valence-electron chi connectivity index (χ3n) is 6.09. The minimum atomic E-state index is -0.527. The summed E-state index contributed by atoms with van der Waals surface area (Å²) in [6.45, 7) is 8.18. The number of morpholine rings is 1. The number of hydrogen-bond acceptors (Lipinski definition) is 4. The normalized spacial score (nSPS) is 39.7. The summed E-state index contributed by atoms with van der Waals surface area (Å²) < 4.78 is 5.34. The molecule has 0 amide bonds. The zero-order chi connectivity index (χ0) is 13.7. The molecule has 0 spiro atoms. The summed E-state index contributed by atoms with van der Waals surface area (Å²) in [4.78, 5) is 14.7. The predicted octanol–water partition coefficient (Wildman–Crippen LogP) is 1.07. The third kappa shape index (κ3) is 1.80. The third-order valence-corrected chi connectivity index (χ3v) is 6.09.